The highest BCUT2D eigenvalue weighted by molar-refractivity contribution is 6.31. The SMILES string of the molecule is COc1cc2ncnc(Nc3ccc(F)c(Cl)c3F)c2cc1OC1CCN(C(=O)OC(C)(C)C)CC1. The Morgan fingerprint density at radius 3 is 2.53 bits per heavy atom. The Morgan fingerprint density at radius 2 is 1.86 bits per heavy atom. The lowest BCUT2D eigenvalue weighted by Gasteiger charge is -2.33. The van der Waals surface area contributed by atoms with Crippen molar-refractivity contribution in [3.63, 3.8) is 0 Å². The number of nitrogens with one attached hydrogen (secondary N) is 1. The number of methoxy groups -OCH3 is 1. The lowest BCUT2D eigenvalue weighted by atomic mass is 10.1. The van der Waals surface area contributed by atoms with Gasteiger partial charge in [-0.15, -0.1) is 0 Å². The van der Waals surface area contributed by atoms with E-state index in [1.807, 2.05) is 20.8 Å². The molecular formula is C25H27ClF2N4O4. The van der Waals surface area contributed by atoms with Gasteiger partial charge in [0.25, 0.3) is 0 Å². The maximum atomic E-state index is 14.5. The van der Waals surface area contributed by atoms with Crippen LogP contribution in [-0.2, 0) is 4.74 Å². The number of nitrogens with zero attached hydrogens (tertiary/aromatic N) is 3. The zero-order chi connectivity index (χ0) is 26.0. The van der Waals surface area contributed by atoms with Gasteiger partial charge in [0.1, 0.15) is 34.7 Å². The lowest BCUT2D eigenvalue weighted by Crippen LogP contribution is -2.44. The first-order valence-electron chi connectivity index (χ1n) is 11.4. The topological polar surface area (TPSA) is 85.8 Å². The molecule has 1 aromatic heterocycles. The summed E-state index contributed by atoms with van der Waals surface area (Å²) < 4.78 is 45.2. The van der Waals surface area contributed by atoms with Crippen LogP contribution in [0.25, 0.3) is 10.9 Å². The fourth-order valence-corrected chi connectivity index (χ4v) is 3.99. The molecule has 1 aliphatic heterocycles. The first-order chi connectivity index (χ1) is 17.1. The van der Waals surface area contributed by atoms with E-state index in [-0.39, 0.29) is 23.7 Å². The molecule has 0 spiro atoms. The second-order valence-electron chi connectivity index (χ2n) is 9.38. The van der Waals surface area contributed by atoms with Crippen LogP contribution in [0.15, 0.2) is 30.6 Å². The third kappa shape index (κ3) is 5.70. The van der Waals surface area contributed by atoms with Crippen LogP contribution in [0.3, 0.4) is 0 Å². The Hall–Kier alpha value is -3.40. The molecule has 36 heavy (non-hydrogen) atoms. The Balaban J connectivity index is 1.55. The highest BCUT2D eigenvalue weighted by Crippen LogP contribution is 2.37. The average Bonchev–Trinajstić information content (AvgIpc) is 2.83. The second-order valence-corrected chi connectivity index (χ2v) is 9.75. The van der Waals surface area contributed by atoms with Gasteiger partial charge in [0.05, 0.1) is 18.3 Å². The van der Waals surface area contributed by atoms with Gasteiger partial charge in [-0.1, -0.05) is 11.6 Å². The summed E-state index contributed by atoms with van der Waals surface area (Å²) in [5.41, 5.74) is -0.0574. The minimum absolute atomic E-state index is 0.0331. The van der Waals surface area contributed by atoms with Gasteiger partial charge in [0.2, 0.25) is 0 Å². The summed E-state index contributed by atoms with van der Waals surface area (Å²) >= 11 is 5.71. The van der Waals surface area contributed by atoms with Crippen molar-refractivity contribution < 1.29 is 27.8 Å². The summed E-state index contributed by atoms with van der Waals surface area (Å²) in [4.78, 5) is 22.5. The Kier molecular flexibility index (Phi) is 7.35. The predicted octanol–water partition coefficient (Wildman–Crippen LogP) is 6.09. The molecule has 1 N–H and O–H groups in total. The van der Waals surface area contributed by atoms with Gasteiger partial charge in [0, 0.05) is 37.4 Å². The molecule has 1 saturated heterocycles. The van der Waals surface area contributed by atoms with Crippen LogP contribution >= 0.6 is 11.6 Å². The zero-order valence-electron chi connectivity index (χ0n) is 20.4. The van der Waals surface area contributed by atoms with Gasteiger partial charge in [0.15, 0.2) is 17.3 Å². The van der Waals surface area contributed by atoms with Crippen LogP contribution in [0, 0.1) is 11.6 Å². The normalized spacial score (nSPS) is 14.6. The molecule has 0 saturated carbocycles. The van der Waals surface area contributed by atoms with E-state index in [2.05, 4.69) is 15.3 Å². The quantitative estimate of drug-likeness (QED) is 0.407. The first kappa shape index (κ1) is 25.7. The van der Waals surface area contributed by atoms with E-state index >= 15 is 0 Å². The molecule has 0 bridgehead atoms. The summed E-state index contributed by atoms with van der Waals surface area (Å²) in [7, 11) is 1.52. The van der Waals surface area contributed by atoms with Crippen molar-refractivity contribution >= 4 is 40.1 Å². The van der Waals surface area contributed by atoms with Crippen molar-refractivity contribution in [3.05, 3.63) is 47.2 Å². The molecule has 0 aliphatic carbocycles. The summed E-state index contributed by atoms with van der Waals surface area (Å²) in [5.74, 6) is -0.571. The molecule has 0 radical (unpaired) electrons. The Morgan fingerprint density at radius 1 is 1.14 bits per heavy atom. The van der Waals surface area contributed by atoms with Crippen molar-refractivity contribution in [1.29, 1.82) is 0 Å². The summed E-state index contributed by atoms with van der Waals surface area (Å²) in [6.07, 6.45) is 2.03. The number of rotatable bonds is 5. The number of benzene rings is 2. The molecule has 1 fully saturated rings. The number of fused-ring (bicyclic) bond motifs is 1. The number of likely N-dealkylation sites (tertiary alicyclic amines) is 1. The smallest absolute Gasteiger partial charge is 0.410 e. The van der Waals surface area contributed by atoms with Crippen LogP contribution in [0.4, 0.5) is 25.1 Å². The number of piperidine rings is 1. The zero-order valence-corrected chi connectivity index (χ0v) is 21.2. The highest BCUT2D eigenvalue weighted by Gasteiger charge is 2.28. The van der Waals surface area contributed by atoms with E-state index in [0.29, 0.717) is 48.3 Å². The number of carbonyl (C=O) groups is 1. The number of halogens is 3. The molecule has 4 rings (SSSR count). The maximum absolute atomic E-state index is 14.5. The largest absolute Gasteiger partial charge is 0.493 e. The molecule has 192 valence electrons. The van der Waals surface area contributed by atoms with E-state index in [0.717, 1.165) is 6.07 Å². The van der Waals surface area contributed by atoms with Crippen LogP contribution in [0.5, 0.6) is 11.5 Å². The van der Waals surface area contributed by atoms with Crippen molar-refractivity contribution in [2.45, 2.75) is 45.3 Å². The fraction of sp³-hybridized carbons (Fsp3) is 0.400. The minimum Gasteiger partial charge on any atom is -0.493 e. The number of hydrogen-bond donors (Lipinski definition) is 1. The van der Waals surface area contributed by atoms with E-state index < -0.39 is 22.3 Å². The van der Waals surface area contributed by atoms with E-state index in [9.17, 15) is 13.6 Å². The van der Waals surface area contributed by atoms with Crippen molar-refractivity contribution in [1.82, 2.24) is 14.9 Å². The standard InChI is InChI=1S/C25H27ClF2N4O4/c1-25(2,3)36-24(33)32-9-7-14(8-10-32)35-20-11-15-18(12-19(20)34-4)29-13-30-23(15)31-17-6-5-16(27)21(26)22(17)28/h5-6,11-14H,7-10H2,1-4H3,(H,29,30,31). The second kappa shape index (κ2) is 10.3. The molecule has 2 heterocycles. The lowest BCUT2D eigenvalue weighted by molar-refractivity contribution is 0.0124. The number of aromatic nitrogens is 2. The molecule has 11 heteroatoms. The fourth-order valence-electron chi connectivity index (χ4n) is 3.83. The molecule has 0 atom stereocenters. The summed E-state index contributed by atoms with van der Waals surface area (Å²) in [6.45, 7) is 6.49. The van der Waals surface area contributed by atoms with Gasteiger partial charge in [-0.3, -0.25) is 0 Å². The Bertz CT molecular complexity index is 1280. The van der Waals surface area contributed by atoms with Crippen LogP contribution in [-0.4, -0.2) is 52.9 Å². The van der Waals surface area contributed by atoms with E-state index in [1.165, 1.54) is 19.5 Å². The Labute approximate surface area is 212 Å². The van der Waals surface area contributed by atoms with Crippen LogP contribution in [0.1, 0.15) is 33.6 Å². The molecular weight excluding hydrogens is 494 g/mol. The first-order valence-corrected chi connectivity index (χ1v) is 11.8. The van der Waals surface area contributed by atoms with E-state index in [4.69, 9.17) is 25.8 Å². The molecule has 1 amide bonds. The summed E-state index contributed by atoms with van der Waals surface area (Å²) in [5, 5.41) is 2.79. The van der Waals surface area contributed by atoms with Crippen molar-refractivity contribution in [3.8, 4) is 11.5 Å². The minimum atomic E-state index is -0.926. The predicted molar refractivity (Wildman–Crippen MR) is 132 cm³/mol. The van der Waals surface area contributed by atoms with Crippen LogP contribution < -0.4 is 14.8 Å². The van der Waals surface area contributed by atoms with E-state index in [1.54, 1.807) is 17.0 Å². The molecule has 3 aromatic rings. The maximum Gasteiger partial charge on any atom is 0.410 e. The van der Waals surface area contributed by atoms with Gasteiger partial charge in [-0.2, -0.15) is 0 Å². The third-order valence-electron chi connectivity index (χ3n) is 5.60. The van der Waals surface area contributed by atoms with Gasteiger partial charge >= 0.3 is 6.09 Å². The molecule has 8 nitrogen and oxygen atoms in total. The van der Waals surface area contributed by atoms with Crippen molar-refractivity contribution in [2.24, 2.45) is 0 Å². The number of hydrogen-bond acceptors (Lipinski definition) is 7. The number of amides is 1. The van der Waals surface area contributed by atoms with Gasteiger partial charge < -0.3 is 24.4 Å². The van der Waals surface area contributed by atoms with Gasteiger partial charge in [-0.25, -0.2) is 23.5 Å². The monoisotopic (exact) mass is 520 g/mol. The van der Waals surface area contributed by atoms with Gasteiger partial charge in [-0.05, 0) is 39.0 Å². The molecule has 1 aliphatic rings. The number of carbonyl (C=O) groups excluding carboxylic acids is 1. The third-order valence-corrected chi connectivity index (χ3v) is 5.94. The number of ether oxygens (including phenoxy) is 3. The highest BCUT2D eigenvalue weighted by atomic mass is 35.5. The van der Waals surface area contributed by atoms with Crippen molar-refractivity contribution in [2.75, 3.05) is 25.5 Å². The summed E-state index contributed by atoms with van der Waals surface area (Å²) in [6, 6.07) is 5.71. The average molecular weight is 521 g/mol. The van der Waals surface area contributed by atoms with Crippen LogP contribution in [0.2, 0.25) is 5.02 Å². The molecule has 0 unspecified atom stereocenters. The number of anilines is 2. The molecule has 2 aromatic carbocycles.